The highest BCUT2D eigenvalue weighted by Crippen LogP contribution is 2.25. The Morgan fingerprint density at radius 1 is 1.11 bits per heavy atom. The molecule has 0 aliphatic carbocycles. The third kappa shape index (κ3) is 6.48. The summed E-state index contributed by atoms with van der Waals surface area (Å²) >= 11 is 0. The first-order valence-electron chi connectivity index (χ1n) is 7.24. The van der Waals surface area contributed by atoms with Gasteiger partial charge in [-0.1, -0.05) is 32.3 Å². The largest absolute Gasteiger partial charge is 0.489 e. The van der Waals surface area contributed by atoms with Crippen molar-refractivity contribution in [2.45, 2.75) is 39.5 Å². The lowest BCUT2D eigenvalue weighted by molar-refractivity contribution is 0.146. The molecule has 0 bridgehead atoms. The molecule has 0 aromatic heterocycles. The van der Waals surface area contributed by atoms with E-state index in [1.54, 1.807) is 7.11 Å². The molecule has 1 aromatic carbocycles. The van der Waals surface area contributed by atoms with E-state index in [2.05, 4.69) is 37.4 Å². The Hall–Kier alpha value is -1.22. The first-order valence-corrected chi connectivity index (χ1v) is 7.24. The highest BCUT2D eigenvalue weighted by Gasteiger charge is 2.03. The van der Waals surface area contributed by atoms with Gasteiger partial charge in [-0.15, -0.1) is 0 Å². The number of aryl methyl sites for hydroxylation is 1. The van der Waals surface area contributed by atoms with Crippen molar-refractivity contribution >= 4 is 5.69 Å². The Morgan fingerprint density at radius 2 is 1.95 bits per heavy atom. The van der Waals surface area contributed by atoms with E-state index in [0.29, 0.717) is 13.2 Å². The molecule has 0 saturated heterocycles. The predicted octanol–water partition coefficient (Wildman–Crippen LogP) is 4.01. The summed E-state index contributed by atoms with van der Waals surface area (Å²) in [5, 5.41) is 3.46. The summed E-state index contributed by atoms with van der Waals surface area (Å²) in [7, 11) is 1.69. The first kappa shape index (κ1) is 15.8. The summed E-state index contributed by atoms with van der Waals surface area (Å²) in [4.78, 5) is 0. The van der Waals surface area contributed by atoms with Gasteiger partial charge in [-0.2, -0.15) is 0 Å². The van der Waals surface area contributed by atoms with Gasteiger partial charge in [0.2, 0.25) is 0 Å². The fourth-order valence-corrected chi connectivity index (χ4v) is 1.90. The molecule has 108 valence electrons. The molecule has 1 N–H and O–H groups in total. The maximum absolute atomic E-state index is 5.75. The fraction of sp³-hybridized carbons (Fsp3) is 0.625. The van der Waals surface area contributed by atoms with Crippen LogP contribution in [-0.4, -0.2) is 26.9 Å². The van der Waals surface area contributed by atoms with Gasteiger partial charge in [0.15, 0.2) is 0 Å². The van der Waals surface area contributed by atoms with Crippen molar-refractivity contribution in [3.63, 3.8) is 0 Å². The Labute approximate surface area is 117 Å². The average Bonchev–Trinajstić information content (AvgIpc) is 2.41. The van der Waals surface area contributed by atoms with Crippen LogP contribution in [0.4, 0.5) is 5.69 Å². The van der Waals surface area contributed by atoms with Crippen LogP contribution in [0, 0.1) is 6.92 Å². The summed E-state index contributed by atoms with van der Waals surface area (Å²) in [6.45, 7) is 6.52. The van der Waals surface area contributed by atoms with Gasteiger partial charge in [0, 0.05) is 13.7 Å². The van der Waals surface area contributed by atoms with Gasteiger partial charge in [-0.3, -0.25) is 0 Å². The van der Waals surface area contributed by atoms with E-state index in [4.69, 9.17) is 9.47 Å². The van der Waals surface area contributed by atoms with Crippen molar-refractivity contribution < 1.29 is 9.47 Å². The van der Waals surface area contributed by atoms with Gasteiger partial charge in [-0.05, 0) is 31.0 Å². The summed E-state index contributed by atoms with van der Waals surface area (Å²) in [6, 6.07) is 6.28. The zero-order valence-electron chi connectivity index (χ0n) is 12.5. The molecule has 0 atom stereocenters. The predicted molar refractivity (Wildman–Crippen MR) is 81.2 cm³/mol. The van der Waals surface area contributed by atoms with Crippen LogP contribution in [0.5, 0.6) is 5.75 Å². The normalized spacial score (nSPS) is 10.5. The summed E-state index contributed by atoms with van der Waals surface area (Å²) in [6.07, 6.45) is 5.08. The maximum atomic E-state index is 5.75. The Kier molecular flexibility index (Phi) is 8.07. The molecule has 3 heteroatoms. The van der Waals surface area contributed by atoms with Gasteiger partial charge in [0.1, 0.15) is 12.4 Å². The number of ether oxygens (including phenoxy) is 2. The third-order valence-electron chi connectivity index (χ3n) is 3.03. The average molecular weight is 265 g/mol. The monoisotopic (exact) mass is 265 g/mol. The minimum Gasteiger partial charge on any atom is -0.489 e. The Bertz CT molecular complexity index is 353. The zero-order chi connectivity index (χ0) is 13.9. The van der Waals surface area contributed by atoms with Gasteiger partial charge in [-0.25, -0.2) is 0 Å². The van der Waals surface area contributed by atoms with Crippen molar-refractivity contribution in [1.82, 2.24) is 0 Å². The molecular weight excluding hydrogens is 238 g/mol. The number of rotatable bonds is 10. The molecule has 0 aliphatic rings. The van der Waals surface area contributed by atoms with Gasteiger partial charge in [0.25, 0.3) is 0 Å². The van der Waals surface area contributed by atoms with Crippen molar-refractivity contribution in [2.75, 3.05) is 32.2 Å². The van der Waals surface area contributed by atoms with Crippen LogP contribution in [0.25, 0.3) is 0 Å². The van der Waals surface area contributed by atoms with E-state index < -0.39 is 0 Å². The molecule has 19 heavy (non-hydrogen) atoms. The first-order chi connectivity index (χ1) is 9.27. The summed E-state index contributed by atoms with van der Waals surface area (Å²) in [5.41, 5.74) is 2.29. The minimum absolute atomic E-state index is 0.588. The number of methoxy groups -OCH3 is 1. The number of benzene rings is 1. The van der Waals surface area contributed by atoms with E-state index in [1.165, 1.54) is 31.2 Å². The summed E-state index contributed by atoms with van der Waals surface area (Å²) < 4.78 is 10.8. The van der Waals surface area contributed by atoms with E-state index >= 15 is 0 Å². The minimum atomic E-state index is 0.588. The van der Waals surface area contributed by atoms with Gasteiger partial charge >= 0.3 is 0 Å². The molecule has 0 heterocycles. The second kappa shape index (κ2) is 9.68. The van der Waals surface area contributed by atoms with Crippen LogP contribution in [0.1, 0.15) is 38.2 Å². The Balaban J connectivity index is 2.45. The lowest BCUT2D eigenvalue weighted by Crippen LogP contribution is -2.08. The second-order valence-electron chi connectivity index (χ2n) is 4.83. The van der Waals surface area contributed by atoms with E-state index in [0.717, 1.165) is 18.0 Å². The molecule has 0 saturated carbocycles. The topological polar surface area (TPSA) is 30.5 Å². The quantitative estimate of drug-likeness (QED) is 0.648. The molecule has 0 fully saturated rings. The number of hydrogen-bond donors (Lipinski definition) is 1. The maximum Gasteiger partial charge on any atom is 0.142 e. The molecule has 1 aromatic rings. The fourth-order valence-electron chi connectivity index (χ4n) is 1.90. The van der Waals surface area contributed by atoms with Crippen LogP contribution < -0.4 is 10.1 Å². The lowest BCUT2D eigenvalue weighted by atomic mass is 10.2. The van der Waals surface area contributed by atoms with Crippen molar-refractivity contribution in [1.29, 1.82) is 0 Å². The molecule has 0 spiro atoms. The zero-order valence-corrected chi connectivity index (χ0v) is 12.5. The van der Waals surface area contributed by atoms with Gasteiger partial charge in [0.05, 0.1) is 12.3 Å². The highest BCUT2D eigenvalue weighted by molar-refractivity contribution is 5.57. The molecule has 0 aliphatic heterocycles. The number of nitrogens with one attached hydrogen (secondary N) is 1. The van der Waals surface area contributed by atoms with Gasteiger partial charge < -0.3 is 14.8 Å². The van der Waals surface area contributed by atoms with Crippen LogP contribution in [0.3, 0.4) is 0 Å². The SMILES string of the molecule is CCCCCCNc1ccc(C)cc1OCCOC. The van der Waals surface area contributed by atoms with Crippen LogP contribution in [-0.2, 0) is 4.74 Å². The summed E-state index contributed by atoms with van der Waals surface area (Å²) in [5.74, 6) is 0.924. The Morgan fingerprint density at radius 3 is 2.68 bits per heavy atom. The molecular formula is C16H27NO2. The number of unbranched alkanes of at least 4 members (excludes halogenated alkanes) is 3. The molecule has 0 radical (unpaired) electrons. The second-order valence-corrected chi connectivity index (χ2v) is 4.83. The number of hydrogen-bond acceptors (Lipinski definition) is 3. The van der Waals surface area contributed by atoms with E-state index in [-0.39, 0.29) is 0 Å². The van der Waals surface area contributed by atoms with Crippen LogP contribution in [0.2, 0.25) is 0 Å². The highest BCUT2D eigenvalue weighted by atomic mass is 16.5. The van der Waals surface area contributed by atoms with Crippen molar-refractivity contribution in [2.24, 2.45) is 0 Å². The van der Waals surface area contributed by atoms with Crippen LogP contribution in [0.15, 0.2) is 18.2 Å². The lowest BCUT2D eigenvalue weighted by Gasteiger charge is -2.14. The molecule has 0 unspecified atom stereocenters. The standard InChI is InChI=1S/C16H27NO2/c1-4-5-6-7-10-17-15-9-8-14(2)13-16(15)19-12-11-18-3/h8-9,13,17H,4-7,10-12H2,1-3H3. The van der Waals surface area contributed by atoms with E-state index in [1.807, 2.05) is 0 Å². The molecule has 1 rings (SSSR count). The van der Waals surface area contributed by atoms with Crippen molar-refractivity contribution in [3.05, 3.63) is 23.8 Å². The molecule has 3 nitrogen and oxygen atoms in total. The number of anilines is 1. The van der Waals surface area contributed by atoms with Crippen LogP contribution >= 0.6 is 0 Å². The van der Waals surface area contributed by atoms with Crippen molar-refractivity contribution in [3.8, 4) is 5.75 Å². The van der Waals surface area contributed by atoms with E-state index in [9.17, 15) is 0 Å². The third-order valence-corrected chi connectivity index (χ3v) is 3.03. The molecule has 0 amide bonds. The smallest absolute Gasteiger partial charge is 0.142 e.